The molecule has 11 heavy (non-hydrogen) atoms. The molecule has 0 aromatic rings. The van der Waals surface area contributed by atoms with Gasteiger partial charge in [0.05, 0.1) is 0 Å². The lowest BCUT2D eigenvalue weighted by Crippen LogP contribution is -2.29. The molecule has 0 aliphatic heterocycles. The zero-order chi connectivity index (χ0) is 8.53. The fourth-order valence-electron chi connectivity index (χ4n) is 0.826. The summed E-state index contributed by atoms with van der Waals surface area (Å²) < 4.78 is 9.84. The number of aliphatic hydroxyl groups excluding tert-OH is 1. The maximum Gasteiger partial charge on any atom is 0.100 e. The molecule has 4 nitrogen and oxygen atoms in total. The summed E-state index contributed by atoms with van der Waals surface area (Å²) in [5.41, 5.74) is 0. The van der Waals surface area contributed by atoms with E-state index in [0.717, 1.165) is 13.0 Å². The van der Waals surface area contributed by atoms with E-state index in [1.807, 2.05) is 4.90 Å². The largest absolute Gasteiger partial charge is 0.396 e. The number of hydrogen-bond donors (Lipinski definition) is 1. The standard InChI is InChI=1S/C7H17NO3/c1-10-6-8(7-11-2)4-3-5-9/h9H,3-7H2,1-2H3. The molecule has 0 unspecified atom stereocenters. The van der Waals surface area contributed by atoms with Crippen LogP contribution in [0, 0.1) is 0 Å². The van der Waals surface area contributed by atoms with E-state index in [0.29, 0.717) is 13.5 Å². The van der Waals surface area contributed by atoms with Crippen LogP contribution in [-0.2, 0) is 9.47 Å². The Morgan fingerprint density at radius 1 is 1.18 bits per heavy atom. The number of hydrogen-bond acceptors (Lipinski definition) is 4. The fourth-order valence-corrected chi connectivity index (χ4v) is 0.826. The molecule has 0 atom stereocenters. The molecule has 68 valence electrons. The minimum atomic E-state index is 0.212. The molecule has 0 spiro atoms. The van der Waals surface area contributed by atoms with Crippen LogP contribution < -0.4 is 0 Å². The molecular weight excluding hydrogens is 146 g/mol. The molecule has 0 bridgehead atoms. The second-order valence-corrected chi connectivity index (χ2v) is 2.31. The first-order valence-corrected chi connectivity index (χ1v) is 3.66. The number of aliphatic hydroxyl groups is 1. The zero-order valence-electron chi connectivity index (χ0n) is 7.25. The Morgan fingerprint density at radius 3 is 2.09 bits per heavy atom. The second kappa shape index (κ2) is 7.94. The molecule has 0 aliphatic carbocycles. The molecule has 0 aliphatic rings. The van der Waals surface area contributed by atoms with E-state index in [4.69, 9.17) is 14.6 Å². The quantitative estimate of drug-likeness (QED) is 0.531. The molecule has 4 heteroatoms. The van der Waals surface area contributed by atoms with Gasteiger partial charge in [0, 0.05) is 27.4 Å². The molecule has 0 amide bonds. The van der Waals surface area contributed by atoms with Crippen LogP contribution in [0.2, 0.25) is 0 Å². The van der Waals surface area contributed by atoms with Crippen molar-refractivity contribution in [2.75, 3.05) is 40.8 Å². The van der Waals surface area contributed by atoms with Crippen molar-refractivity contribution in [3.05, 3.63) is 0 Å². The van der Waals surface area contributed by atoms with Crippen LogP contribution in [0.4, 0.5) is 0 Å². The SMILES string of the molecule is COCN(CCCO)COC. The highest BCUT2D eigenvalue weighted by atomic mass is 16.5. The third kappa shape index (κ3) is 6.25. The molecule has 0 saturated carbocycles. The Balaban J connectivity index is 3.34. The Morgan fingerprint density at radius 2 is 1.73 bits per heavy atom. The lowest BCUT2D eigenvalue weighted by Gasteiger charge is -2.19. The van der Waals surface area contributed by atoms with Gasteiger partial charge in [0.2, 0.25) is 0 Å². The molecule has 1 N–H and O–H groups in total. The number of nitrogens with zero attached hydrogens (tertiary/aromatic N) is 1. The van der Waals surface area contributed by atoms with E-state index in [1.165, 1.54) is 0 Å². The van der Waals surface area contributed by atoms with Crippen molar-refractivity contribution in [1.82, 2.24) is 4.90 Å². The van der Waals surface area contributed by atoms with Gasteiger partial charge < -0.3 is 14.6 Å². The summed E-state index contributed by atoms with van der Waals surface area (Å²) in [6.07, 6.45) is 0.757. The summed E-state index contributed by atoms with van der Waals surface area (Å²) in [4.78, 5) is 1.97. The van der Waals surface area contributed by atoms with Crippen LogP contribution >= 0.6 is 0 Å². The highest BCUT2D eigenvalue weighted by Crippen LogP contribution is 1.90. The van der Waals surface area contributed by atoms with Gasteiger partial charge in [0.15, 0.2) is 0 Å². The first-order valence-electron chi connectivity index (χ1n) is 3.66. The van der Waals surface area contributed by atoms with Gasteiger partial charge in [-0.05, 0) is 6.42 Å². The predicted octanol–water partition coefficient (Wildman–Crippen LogP) is -0.121. The predicted molar refractivity (Wildman–Crippen MR) is 42.2 cm³/mol. The van der Waals surface area contributed by atoms with Crippen molar-refractivity contribution < 1.29 is 14.6 Å². The first kappa shape index (κ1) is 10.8. The van der Waals surface area contributed by atoms with Crippen molar-refractivity contribution in [3.8, 4) is 0 Å². The monoisotopic (exact) mass is 163 g/mol. The van der Waals surface area contributed by atoms with Crippen molar-refractivity contribution in [1.29, 1.82) is 0 Å². The maximum atomic E-state index is 8.54. The summed E-state index contributed by atoms with van der Waals surface area (Å²) in [5, 5.41) is 8.54. The third-order valence-corrected chi connectivity index (χ3v) is 1.26. The van der Waals surface area contributed by atoms with E-state index in [1.54, 1.807) is 14.2 Å². The lowest BCUT2D eigenvalue weighted by molar-refractivity contribution is -0.0157. The molecule has 0 heterocycles. The van der Waals surface area contributed by atoms with Gasteiger partial charge in [-0.1, -0.05) is 0 Å². The fraction of sp³-hybridized carbons (Fsp3) is 1.00. The Kier molecular flexibility index (Phi) is 7.83. The summed E-state index contributed by atoms with van der Waals surface area (Å²) in [5.74, 6) is 0. The van der Waals surface area contributed by atoms with Crippen LogP contribution in [-0.4, -0.2) is 50.8 Å². The van der Waals surface area contributed by atoms with E-state index < -0.39 is 0 Å². The molecule has 0 aromatic carbocycles. The number of rotatable bonds is 7. The second-order valence-electron chi connectivity index (χ2n) is 2.31. The van der Waals surface area contributed by atoms with Crippen molar-refractivity contribution in [2.45, 2.75) is 6.42 Å². The van der Waals surface area contributed by atoms with Crippen LogP contribution in [0.5, 0.6) is 0 Å². The molecule has 0 aromatic heterocycles. The molecule has 0 rings (SSSR count). The van der Waals surface area contributed by atoms with Gasteiger partial charge in [0.1, 0.15) is 13.5 Å². The molecule has 0 radical (unpaired) electrons. The van der Waals surface area contributed by atoms with Gasteiger partial charge in [-0.25, -0.2) is 0 Å². The van der Waals surface area contributed by atoms with Crippen LogP contribution in [0.15, 0.2) is 0 Å². The van der Waals surface area contributed by atoms with E-state index in [9.17, 15) is 0 Å². The smallest absolute Gasteiger partial charge is 0.100 e. The third-order valence-electron chi connectivity index (χ3n) is 1.26. The van der Waals surface area contributed by atoms with E-state index >= 15 is 0 Å². The lowest BCUT2D eigenvalue weighted by atomic mass is 10.4. The average molecular weight is 163 g/mol. The molecule has 0 fully saturated rings. The van der Waals surface area contributed by atoms with Gasteiger partial charge in [-0.3, -0.25) is 4.90 Å². The molecule has 0 saturated heterocycles. The maximum absolute atomic E-state index is 8.54. The highest BCUT2D eigenvalue weighted by molar-refractivity contribution is 4.46. The van der Waals surface area contributed by atoms with Crippen LogP contribution in [0.3, 0.4) is 0 Å². The Bertz CT molecular complexity index is 74.1. The molecular formula is C7H17NO3. The van der Waals surface area contributed by atoms with Crippen LogP contribution in [0.1, 0.15) is 6.42 Å². The number of methoxy groups -OCH3 is 2. The summed E-state index contributed by atoms with van der Waals surface area (Å²) in [7, 11) is 3.28. The van der Waals surface area contributed by atoms with Gasteiger partial charge in [0.25, 0.3) is 0 Å². The first-order chi connectivity index (χ1) is 5.35. The van der Waals surface area contributed by atoms with Crippen molar-refractivity contribution in [2.24, 2.45) is 0 Å². The Labute approximate surface area is 67.7 Å². The Hall–Kier alpha value is -0.160. The average Bonchev–Trinajstić information content (AvgIpc) is 2.01. The number of ether oxygens (including phenoxy) is 2. The summed E-state index contributed by atoms with van der Waals surface area (Å²) in [6, 6.07) is 0. The minimum Gasteiger partial charge on any atom is -0.396 e. The van der Waals surface area contributed by atoms with E-state index in [2.05, 4.69) is 0 Å². The zero-order valence-corrected chi connectivity index (χ0v) is 7.25. The van der Waals surface area contributed by atoms with Crippen molar-refractivity contribution in [3.63, 3.8) is 0 Å². The normalized spacial score (nSPS) is 10.9. The highest BCUT2D eigenvalue weighted by Gasteiger charge is 2.01. The van der Waals surface area contributed by atoms with Crippen molar-refractivity contribution >= 4 is 0 Å². The van der Waals surface area contributed by atoms with Gasteiger partial charge in [-0.15, -0.1) is 0 Å². The summed E-state index contributed by atoms with van der Waals surface area (Å²) in [6.45, 7) is 2.11. The minimum absolute atomic E-state index is 0.212. The van der Waals surface area contributed by atoms with Gasteiger partial charge >= 0.3 is 0 Å². The van der Waals surface area contributed by atoms with Crippen LogP contribution in [0.25, 0.3) is 0 Å². The van der Waals surface area contributed by atoms with E-state index in [-0.39, 0.29) is 6.61 Å². The topological polar surface area (TPSA) is 41.9 Å². The van der Waals surface area contributed by atoms with Gasteiger partial charge in [-0.2, -0.15) is 0 Å². The summed E-state index contributed by atoms with van der Waals surface area (Å²) >= 11 is 0.